The summed E-state index contributed by atoms with van der Waals surface area (Å²) in [7, 11) is 0. The van der Waals surface area contributed by atoms with Gasteiger partial charge in [-0.1, -0.05) is 39.7 Å². The Morgan fingerprint density at radius 1 is 1.36 bits per heavy atom. The average Bonchev–Trinajstić information content (AvgIpc) is 2.34. The summed E-state index contributed by atoms with van der Waals surface area (Å²) in [5.41, 5.74) is 2.58. The summed E-state index contributed by atoms with van der Waals surface area (Å²) in [6, 6.07) is 3.93. The van der Waals surface area contributed by atoms with Crippen molar-refractivity contribution in [1.82, 2.24) is 0 Å². The molecule has 0 N–H and O–H groups in total. The predicted octanol–water partition coefficient (Wildman–Crippen LogP) is 3.67. The summed E-state index contributed by atoms with van der Waals surface area (Å²) in [6.45, 7) is 0. The molecule has 0 spiro atoms. The number of hydrogen-bond acceptors (Lipinski definition) is 0. The molecule has 0 amide bonds. The lowest BCUT2D eigenvalue weighted by Crippen LogP contribution is -1.83. The van der Waals surface area contributed by atoms with Gasteiger partial charge in [-0.25, -0.2) is 0 Å². The van der Waals surface area contributed by atoms with Gasteiger partial charge in [0.15, 0.2) is 0 Å². The molecule has 56 valence electrons. The molecule has 0 aliphatic heterocycles. The third-order valence-corrected chi connectivity index (χ3v) is 2.74. The molecule has 2 heteroatoms. The van der Waals surface area contributed by atoms with Gasteiger partial charge in [-0.3, -0.25) is 0 Å². The lowest BCUT2D eigenvalue weighted by atomic mass is 10.1. The summed E-state index contributed by atoms with van der Waals surface area (Å²) >= 11 is 9.34. The summed E-state index contributed by atoms with van der Waals surface area (Å²) < 4.78 is 1.12. The van der Waals surface area contributed by atoms with E-state index in [0.29, 0.717) is 0 Å². The molecular formula is C9H6BrCl. The van der Waals surface area contributed by atoms with Crippen LogP contribution in [0.5, 0.6) is 0 Å². The highest BCUT2D eigenvalue weighted by atomic mass is 79.9. The van der Waals surface area contributed by atoms with E-state index in [2.05, 4.69) is 28.1 Å². The molecule has 2 rings (SSSR count). The number of fused-ring (bicyclic) bond motifs is 1. The summed E-state index contributed by atoms with van der Waals surface area (Å²) in [5.74, 6) is 0. The second kappa shape index (κ2) is 2.65. The van der Waals surface area contributed by atoms with Gasteiger partial charge in [0, 0.05) is 9.50 Å². The number of benzene rings is 1. The highest BCUT2D eigenvalue weighted by Crippen LogP contribution is 2.30. The summed E-state index contributed by atoms with van der Waals surface area (Å²) in [4.78, 5) is 0. The van der Waals surface area contributed by atoms with Crippen molar-refractivity contribution in [2.24, 2.45) is 0 Å². The average molecular weight is 230 g/mol. The molecule has 1 aliphatic rings. The fourth-order valence-corrected chi connectivity index (χ4v) is 2.29. The van der Waals surface area contributed by atoms with Crippen molar-refractivity contribution in [1.29, 1.82) is 0 Å². The molecule has 11 heavy (non-hydrogen) atoms. The van der Waals surface area contributed by atoms with Crippen LogP contribution in [0.25, 0.3) is 6.08 Å². The molecule has 1 aromatic carbocycles. The van der Waals surface area contributed by atoms with Gasteiger partial charge in [0.25, 0.3) is 0 Å². The molecule has 1 aromatic rings. The minimum atomic E-state index is 0.794. The van der Waals surface area contributed by atoms with E-state index >= 15 is 0 Å². The van der Waals surface area contributed by atoms with Crippen LogP contribution in [0.1, 0.15) is 11.1 Å². The van der Waals surface area contributed by atoms with E-state index in [-0.39, 0.29) is 0 Å². The second-order valence-electron chi connectivity index (χ2n) is 2.56. The maximum atomic E-state index is 5.86. The van der Waals surface area contributed by atoms with Crippen LogP contribution in [0.3, 0.4) is 0 Å². The SMILES string of the molecule is Clc1cc(Br)c2c(c1)C=CC2. The Hall–Kier alpha value is -0.270. The van der Waals surface area contributed by atoms with Crippen molar-refractivity contribution < 1.29 is 0 Å². The van der Waals surface area contributed by atoms with E-state index in [1.54, 1.807) is 0 Å². The third kappa shape index (κ3) is 1.23. The van der Waals surface area contributed by atoms with Crippen molar-refractivity contribution in [3.05, 3.63) is 38.8 Å². The first kappa shape index (κ1) is 7.38. The van der Waals surface area contributed by atoms with Gasteiger partial charge in [0.05, 0.1) is 0 Å². The highest BCUT2D eigenvalue weighted by Gasteiger charge is 2.09. The monoisotopic (exact) mass is 228 g/mol. The van der Waals surface area contributed by atoms with Gasteiger partial charge in [-0.15, -0.1) is 0 Å². The molecule has 0 heterocycles. The largest absolute Gasteiger partial charge is 0.0843 e. The molecule has 0 saturated heterocycles. The highest BCUT2D eigenvalue weighted by molar-refractivity contribution is 9.10. The van der Waals surface area contributed by atoms with Crippen LogP contribution < -0.4 is 0 Å². The van der Waals surface area contributed by atoms with Crippen LogP contribution >= 0.6 is 27.5 Å². The van der Waals surface area contributed by atoms with Crippen molar-refractivity contribution in [3.8, 4) is 0 Å². The Morgan fingerprint density at radius 3 is 3.00 bits per heavy atom. The third-order valence-electron chi connectivity index (χ3n) is 1.81. The number of allylic oxidation sites excluding steroid dienone is 1. The number of halogens is 2. The first-order chi connectivity index (χ1) is 5.27. The van der Waals surface area contributed by atoms with Gasteiger partial charge >= 0.3 is 0 Å². The Balaban J connectivity index is 2.66. The summed E-state index contributed by atoms with van der Waals surface area (Å²) in [6.07, 6.45) is 5.27. The van der Waals surface area contributed by atoms with E-state index < -0.39 is 0 Å². The quantitative estimate of drug-likeness (QED) is 0.637. The van der Waals surface area contributed by atoms with Crippen LogP contribution in [-0.4, -0.2) is 0 Å². The van der Waals surface area contributed by atoms with Gasteiger partial charge in [0.2, 0.25) is 0 Å². The van der Waals surface area contributed by atoms with Crippen LogP contribution in [-0.2, 0) is 6.42 Å². The Kier molecular flexibility index (Phi) is 1.78. The van der Waals surface area contributed by atoms with Crippen LogP contribution in [0.4, 0.5) is 0 Å². The fraction of sp³-hybridized carbons (Fsp3) is 0.111. The Bertz CT molecular complexity index is 329. The minimum Gasteiger partial charge on any atom is -0.0843 e. The van der Waals surface area contributed by atoms with Crippen LogP contribution in [0, 0.1) is 0 Å². The minimum absolute atomic E-state index is 0.794. The molecule has 0 nitrogen and oxygen atoms in total. The van der Waals surface area contributed by atoms with Gasteiger partial charge in [-0.2, -0.15) is 0 Å². The zero-order chi connectivity index (χ0) is 7.84. The lowest BCUT2D eigenvalue weighted by molar-refractivity contribution is 1.29. The van der Waals surface area contributed by atoms with Crippen molar-refractivity contribution in [2.75, 3.05) is 0 Å². The molecule has 0 fully saturated rings. The summed E-state index contributed by atoms with van der Waals surface area (Å²) in [5, 5.41) is 0.794. The van der Waals surface area contributed by atoms with E-state index in [4.69, 9.17) is 11.6 Å². The Morgan fingerprint density at radius 2 is 2.18 bits per heavy atom. The van der Waals surface area contributed by atoms with Crippen LogP contribution in [0.2, 0.25) is 5.02 Å². The van der Waals surface area contributed by atoms with Crippen molar-refractivity contribution in [3.63, 3.8) is 0 Å². The maximum absolute atomic E-state index is 5.86. The molecule has 0 unspecified atom stereocenters. The molecular weight excluding hydrogens is 223 g/mol. The molecule has 0 radical (unpaired) electrons. The molecule has 0 bridgehead atoms. The normalized spacial score (nSPS) is 13.6. The maximum Gasteiger partial charge on any atom is 0.0423 e. The fourth-order valence-electron chi connectivity index (χ4n) is 1.29. The van der Waals surface area contributed by atoms with E-state index in [1.165, 1.54) is 11.1 Å². The lowest BCUT2D eigenvalue weighted by Gasteiger charge is -2.01. The van der Waals surface area contributed by atoms with Gasteiger partial charge in [0.1, 0.15) is 0 Å². The first-order valence-electron chi connectivity index (χ1n) is 3.42. The van der Waals surface area contributed by atoms with Gasteiger partial charge in [-0.05, 0) is 29.7 Å². The predicted molar refractivity (Wildman–Crippen MR) is 51.9 cm³/mol. The number of hydrogen-bond donors (Lipinski definition) is 0. The van der Waals surface area contributed by atoms with Gasteiger partial charge < -0.3 is 0 Å². The Labute approximate surface area is 79.0 Å². The second-order valence-corrected chi connectivity index (χ2v) is 3.85. The van der Waals surface area contributed by atoms with Crippen LogP contribution in [0.15, 0.2) is 22.7 Å². The zero-order valence-corrected chi connectivity index (χ0v) is 8.11. The van der Waals surface area contributed by atoms with E-state index in [0.717, 1.165) is 15.9 Å². The molecule has 0 atom stereocenters. The molecule has 0 aromatic heterocycles. The topological polar surface area (TPSA) is 0 Å². The molecule has 0 saturated carbocycles. The molecule has 1 aliphatic carbocycles. The van der Waals surface area contributed by atoms with Crippen molar-refractivity contribution in [2.45, 2.75) is 6.42 Å². The standard InChI is InChI=1S/C9H6BrCl/c10-9-5-7(11)4-6-2-1-3-8(6)9/h1-2,4-5H,3H2. The zero-order valence-electron chi connectivity index (χ0n) is 5.77. The van der Waals surface area contributed by atoms with E-state index in [1.807, 2.05) is 12.1 Å². The van der Waals surface area contributed by atoms with E-state index in [9.17, 15) is 0 Å². The smallest absolute Gasteiger partial charge is 0.0423 e. The van der Waals surface area contributed by atoms with Crippen molar-refractivity contribution >= 4 is 33.6 Å². The first-order valence-corrected chi connectivity index (χ1v) is 4.59. The number of rotatable bonds is 0.